The number of fused-ring (bicyclic) bond motifs is 1. The predicted octanol–water partition coefficient (Wildman–Crippen LogP) is 3.50. The van der Waals surface area contributed by atoms with Gasteiger partial charge in [-0.15, -0.1) is 0 Å². The van der Waals surface area contributed by atoms with Gasteiger partial charge in [0.25, 0.3) is 0 Å². The first-order valence-corrected chi connectivity index (χ1v) is 7.20. The lowest BCUT2D eigenvalue weighted by molar-refractivity contribution is 0.0980. The van der Waals surface area contributed by atoms with Crippen LogP contribution < -0.4 is 5.32 Å². The second-order valence-corrected chi connectivity index (χ2v) is 5.50. The van der Waals surface area contributed by atoms with Crippen molar-refractivity contribution in [3.63, 3.8) is 0 Å². The zero-order valence-electron chi connectivity index (χ0n) is 12.4. The van der Waals surface area contributed by atoms with Gasteiger partial charge in [0.05, 0.1) is 5.52 Å². The highest BCUT2D eigenvalue weighted by Gasteiger charge is 2.07. The van der Waals surface area contributed by atoms with Gasteiger partial charge in [-0.3, -0.25) is 9.78 Å². The molecule has 0 amide bonds. The molecule has 0 aliphatic rings. The van der Waals surface area contributed by atoms with Crippen LogP contribution in [0.3, 0.4) is 0 Å². The number of aromatic nitrogens is 1. The van der Waals surface area contributed by atoms with E-state index in [0.29, 0.717) is 12.5 Å². The molecule has 3 nitrogen and oxygen atoms in total. The fourth-order valence-electron chi connectivity index (χ4n) is 2.18. The molecule has 3 heteroatoms. The summed E-state index contributed by atoms with van der Waals surface area (Å²) in [5, 5.41) is 4.36. The molecule has 0 spiro atoms. The molecule has 106 valence electrons. The number of ketones is 1. The first-order chi connectivity index (χ1) is 9.56. The lowest BCUT2D eigenvalue weighted by atomic mass is 10.0. The molecule has 1 N–H and O–H groups in total. The van der Waals surface area contributed by atoms with Gasteiger partial charge in [0, 0.05) is 29.1 Å². The van der Waals surface area contributed by atoms with Gasteiger partial charge >= 0.3 is 0 Å². The topological polar surface area (TPSA) is 42.0 Å². The van der Waals surface area contributed by atoms with Crippen LogP contribution in [0.1, 0.15) is 42.7 Å². The first kappa shape index (κ1) is 14.7. The summed E-state index contributed by atoms with van der Waals surface area (Å²) >= 11 is 0. The monoisotopic (exact) mass is 270 g/mol. The maximum absolute atomic E-state index is 12.2. The van der Waals surface area contributed by atoms with Crippen LogP contribution in [0.5, 0.6) is 0 Å². The van der Waals surface area contributed by atoms with Gasteiger partial charge in [0.2, 0.25) is 0 Å². The normalized spacial score (nSPS) is 11.2. The zero-order chi connectivity index (χ0) is 14.5. The average molecular weight is 270 g/mol. The molecule has 0 saturated carbocycles. The Morgan fingerprint density at radius 3 is 2.80 bits per heavy atom. The van der Waals surface area contributed by atoms with Gasteiger partial charge in [0.15, 0.2) is 5.78 Å². The van der Waals surface area contributed by atoms with E-state index in [-0.39, 0.29) is 5.78 Å². The second kappa shape index (κ2) is 6.62. The van der Waals surface area contributed by atoms with E-state index in [0.717, 1.165) is 35.1 Å². The zero-order valence-corrected chi connectivity index (χ0v) is 12.4. The molecule has 0 aliphatic heterocycles. The largest absolute Gasteiger partial charge is 0.315 e. The Balaban J connectivity index is 2.01. The third-order valence-corrected chi connectivity index (χ3v) is 3.28. The molecule has 2 rings (SSSR count). The standard InChI is InChI=1S/C17H22N2O/c1-12(2)18-10-4-5-17(20)15-8-9-16-14(11-15)7-6-13(3)19-16/h6-9,11-12,18H,4-5,10H2,1-3H3. The van der Waals surface area contributed by atoms with Gasteiger partial charge < -0.3 is 5.32 Å². The van der Waals surface area contributed by atoms with Gasteiger partial charge in [-0.1, -0.05) is 19.9 Å². The molecule has 1 aromatic carbocycles. The van der Waals surface area contributed by atoms with Crippen LogP contribution in [0, 0.1) is 6.92 Å². The molecule has 0 saturated heterocycles. The molecule has 0 bridgehead atoms. The molecular weight excluding hydrogens is 248 g/mol. The molecule has 2 aromatic rings. The highest BCUT2D eigenvalue weighted by molar-refractivity contribution is 5.99. The van der Waals surface area contributed by atoms with Gasteiger partial charge in [-0.05, 0) is 44.2 Å². The highest BCUT2D eigenvalue weighted by Crippen LogP contribution is 2.16. The number of carbonyl (C=O) groups is 1. The highest BCUT2D eigenvalue weighted by atomic mass is 16.1. The summed E-state index contributed by atoms with van der Waals surface area (Å²) in [6.07, 6.45) is 1.46. The van der Waals surface area contributed by atoms with Crippen molar-refractivity contribution in [3.05, 3.63) is 41.6 Å². The molecule has 0 unspecified atom stereocenters. The Morgan fingerprint density at radius 2 is 2.05 bits per heavy atom. The summed E-state index contributed by atoms with van der Waals surface area (Å²) in [4.78, 5) is 16.6. The van der Waals surface area contributed by atoms with E-state index in [2.05, 4.69) is 24.1 Å². The Labute approximate surface area is 120 Å². The van der Waals surface area contributed by atoms with Gasteiger partial charge in [-0.2, -0.15) is 0 Å². The van der Waals surface area contributed by atoms with E-state index >= 15 is 0 Å². The predicted molar refractivity (Wildman–Crippen MR) is 83.2 cm³/mol. The number of nitrogens with zero attached hydrogens (tertiary/aromatic N) is 1. The van der Waals surface area contributed by atoms with Crippen LogP contribution in [0.15, 0.2) is 30.3 Å². The van der Waals surface area contributed by atoms with Crippen LogP contribution in [-0.2, 0) is 0 Å². The van der Waals surface area contributed by atoms with E-state index in [1.807, 2.05) is 37.3 Å². The van der Waals surface area contributed by atoms with Gasteiger partial charge in [0.1, 0.15) is 0 Å². The molecule has 0 aliphatic carbocycles. The number of hydrogen-bond donors (Lipinski definition) is 1. The van der Waals surface area contributed by atoms with Crippen LogP contribution in [0.25, 0.3) is 10.9 Å². The quantitative estimate of drug-likeness (QED) is 0.645. The molecular formula is C17H22N2O. The van der Waals surface area contributed by atoms with E-state index in [4.69, 9.17) is 0 Å². The number of rotatable bonds is 6. The third kappa shape index (κ3) is 3.87. The number of benzene rings is 1. The van der Waals surface area contributed by atoms with Crippen molar-refractivity contribution >= 4 is 16.7 Å². The molecule has 1 aromatic heterocycles. The number of hydrogen-bond acceptors (Lipinski definition) is 3. The van der Waals surface area contributed by atoms with Crippen molar-refractivity contribution < 1.29 is 4.79 Å². The molecule has 0 radical (unpaired) electrons. The number of aryl methyl sites for hydroxylation is 1. The fourth-order valence-corrected chi connectivity index (χ4v) is 2.18. The first-order valence-electron chi connectivity index (χ1n) is 7.20. The minimum Gasteiger partial charge on any atom is -0.315 e. The summed E-state index contributed by atoms with van der Waals surface area (Å²) in [7, 11) is 0. The maximum atomic E-state index is 12.2. The van der Waals surface area contributed by atoms with E-state index in [1.54, 1.807) is 0 Å². The SMILES string of the molecule is Cc1ccc2cc(C(=O)CCCNC(C)C)ccc2n1. The lowest BCUT2D eigenvalue weighted by Gasteiger charge is -2.07. The minimum atomic E-state index is 0.207. The van der Waals surface area contributed by atoms with E-state index in [1.165, 1.54) is 0 Å². The van der Waals surface area contributed by atoms with Crippen LogP contribution >= 0.6 is 0 Å². The van der Waals surface area contributed by atoms with Crippen molar-refractivity contribution in [3.8, 4) is 0 Å². The summed E-state index contributed by atoms with van der Waals surface area (Å²) in [6, 6.07) is 10.2. The molecule has 0 atom stereocenters. The summed E-state index contributed by atoms with van der Waals surface area (Å²) in [6.45, 7) is 7.08. The lowest BCUT2D eigenvalue weighted by Crippen LogP contribution is -2.24. The summed E-state index contributed by atoms with van der Waals surface area (Å²) < 4.78 is 0. The van der Waals surface area contributed by atoms with E-state index in [9.17, 15) is 4.79 Å². The van der Waals surface area contributed by atoms with Crippen molar-refractivity contribution in [2.24, 2.45) is 0 Å². The smallest absolute Gasteiger partial charge is 0.162 e. The Hall–Kier alpha value is -1.74. The van der Waals surface area contributed by atoms with Crippen LogP contribution in [0.4, 0.5) is 0 Å². The van der Waals surface area contributed by atoms with Crippen molar-refractivity contribution in [1.82, 2.24) is 10.3 Å². The molecule has 20 heavy (non-hydrogen) atoms. The average Bonchev–Trinajstić information content (AvgIpc) is 2.42. The van der Waals surface area contributed by atoms with Crippen molar-refractivity contribution in [1.29, 1.82) is 0 Å². The number of pyridine rings is 1. The van der Waals surface area contributed by atoms with Crippen molar-refractivity contribution in [2.75, 3.05) is 6.54 Å². The Morgan fingerprint density at radius 1 is 1.25 bits per heavy atom. The van der Waals surface area contributed by atoms with Crippen LogP contribution in [0.2, 0.25) is 0 Å². The Bertz CT molecular complexity index is 605. The summed E-state index contributed by atoms with van der Waals surface area (Å²) in [5.74, 6) is 0.207. The maximum Gasteiger partial charge on any atom is 0.162 e. The fraction of sp³-hybridized carbons (Fsp3) is 0.412. The Kier molecular flexibility index (Phi) is 4.85. The minimum absolute atomic E-state index is 0.207. The number of carbonyl (C=O) groups excluding carboxylic acids is 1. The second-order valence-electron chi connectivity index (χ2n) is 5.50. The van der Waals surface area contributed by atoms with Crippen molar-refractivity contribution in [2.45, 2.75) is 39.7 Å². The van der Waals surface area contributed by atoms with Gasteiger partial charge in [-0.25, -0.2) is 0 Å². The number of Topliss-reactive ketones (excluding diaryl/α,β-unsaturated/α-hetero) is 1. The molecule has 1 heterocycles. The molecule has 0 fully saturated rings. The summed E-state index contributed by atoms with van der Waals surface area (Å²) in [5.41, 5.74) is 2.73. The van der Waals surface area contributed by atoms with E-state index < -0.39 is 0 Å². The third-order valence-electron chi connectivity index (χ3n) is 3.28. The number of nitrogens with one attached hydrogen (secondary N) is 1. The van der Waals surface area contributed by atoms with Crippen LogP contribution in [-0.4, -0.2) is 23.4 Å².